The lowest BCUT2D eigenvalue weighted by Crippen LogP contribution is -2.07. The number of rotatable bonds is 2. The molecule has 5 nitrogen and oxygen atoms in total. The van der Waals surface area contributed by atoms with Gasteiger partial charge < -0.3 is 19.4 Å². The van der Waals surface area contributed by atoms with Crippen LogP contribution in [0.25, 0.3) is 22.3 Å². The summed E-state index contributed by atoms with van der Waals surface area (Å²) in [5.41, 5.74) is 0.289. The van der Waals surface area contributed by atoms with E-state index in [4.69, 9.17) is 21.4 Å². The summed E-state index contributed by atoms with van der Waals surface area (Å²) in [5.74, 6) is -0.406. The van der Waals surface area contributed by atoms with Crippen molar-refractivity contribution in [3.63, 3.8) is 0 Å². The highest BCUT2D eigenvalue weighted by atomic mass is 32.1. The number of phenols is 2. The van der Waals surface area contributed by atoms with E-state index in [1.165, 1.54) is 13.2 Å². The number of fused-ring (bicyclic) bond motifs is 1. The minimum atomic E-state index is -0.442. The van der Waals surface area contributed by atoms with Gasteiger partial charge in [0, 0.05) is 17.7 Å². The number of phenolic OH excluding ortho intramolecular Hbond substituents is 2. The summed E-state index contributed by atoms with van der Waals surface area (Å²) in [6.07, 6.45) is 0. The van der Waals surface area contributed by atoms with Crippen LogP contribution in [-0.2, 0) is 4.74 Å². The summed E-state index contributed by atoms with van der Waals surface area (Å²) < 4.78 is 10.7. The van der Waals surface area contributed by atoms with Gasteiger partial charge in [0.15, 0.2) is 16.1 Å². The fraction of sp³-hybridized carbons (Fsp3) is 0.0588. The van der Waals surface area contributed by atoms with Crippen molar-refractivity contribution in [2.24, 2.45) is 0 Å². The first kappa shape index (κ1) is 15.1. The Kier molecular flexibility index (Phi) is 3.75. The van der Waals surface area contributed by atoms with Crippen LogP contribution in [0.4, 0.5) is 0 Å². The van der Waals surface area contributed by atoms with Crippen molar-refractivity contribution in [1.82, 2.24) is 0 Å². The third-order valence-corrected chi connectivity index (χ3v) is 3.78. The van der Waals surface area contributed by atoms with Crippen molar-refractivity contribution in [2.45, 2.75) is 0 Å². The molecule has 0 radical (unpaired) electrons. The van der Waals surface area contributed by atoms with Crippen molar-refractivity contribution >= 4 is 28.2 Å². The lowest BCUT2D eigenvalue weighted by Gasteiger charge is -2.11. The van der Waals surface area contributed by atoms with Crippen LogP contribution in [0, 0.1) is 0 Å². The van der Waals surface area contributed by atoms with E-state index in [0.29, 0.717) is 11.3 Å². The monoisotopic (exact) mass is 328 g/mol. The smallest absolute Gasteiger partial charge is 0.198 e. The maximum Gasteiger partial charge on any atom is 0.198 e. The van der Waals surface area contributed by atoms with E-state index in [1.54, 1.807) is 24.3 Å². The molecule has 0 fully saturated rings. The summed E-state index contributed by atoms with van der Waals surface area (Å²) in [6.45, 7) is 0. The molecule has 3 aromatic rings. The number of ether oxygens (including phenoxy) is 1. The fourth-order valence-corrected chi connectivity index (χ4v) is 2.54. The molecule has 0 spiro atoms. The summed E-state index contributed by atoms with van der Waals surface area (Å²) in [5, 5.41) is 19.9. The van der Waals surface area contributed by atoms with E-state index in [1.807, 2.05) is 6.07 Å². The van der Waals surface area contributed by atoms with Crippen molar-refractivity contribution in [3.8, 4) is 22.8 Å². The topological polar surface area (TPSA) is 79.9 Å². The number of methoxy groups -OCH3 is 1. The second-order valence-corrected chi connectivity index (χ2v) is 5.20. The first-order valence-corrected chi connectivity index (χ1v) is 7.10. The molecule has 0 atom stereocenters. The quantitative estimate of drug-likeness (QED) is 0.703. The van der Waals surface area contributed by atoms with Gasteiger partial charge in [0.25, 0.3) is 0 Å². The maximum absolute atomic E-state index is 12.4. The molecular weight excluding hydrogens is 316 g/mol. The van der Waals surface area contributed by atoms with Gasteiger partial charge >= 0.3 is 0 Å². The van der Waals surface area contributed by atoms with Crippen LogP contribution in [0.1, 0.15) is 5.56 Å². The molecule has 2 N–H and O–H groups in total. The molecule has 3 rings (SSSR count). The zero-order valence-corrected chi connectivity index (χ0v) is 12.9. The molecule has 0 unspecified atom stereocenters. The summed E-state index contributed by atoms with van der Waals surface area (Å²) in [7, 11) is 1.35. The molecule has 0 saturated heterocycles. The molecule has 0 aliphatic heterocycles. The maximum atomic E-state index is 12.4. The molecule has 0 saturated carbocycles. The number of benzene rings is 2. The van der Waals surface area contributed by atoms with Crippen LogP contribution >= 0.6 is 12.2 Å². The Morgan fingerprint density at radius 2 is 1.83 bits per heavy atom. The highest BCUT2D eigenvalue weighted by Crippen LogP contribution is 2.35. The van der Waals surface area contributed by atoms with E-state index in [9.17, 15) is 15.0 Å². The minimum absolute atomic E-state index is 0.0132. The number of hydrogen-bond donors (Lipinski definition) is 2. The predicted molar refractivity (Wildman–Crippen MR) is 90.0 cm³/mol. The lowest BCUT2D eigenvalue weighted by molar-refractivity contribution is 0.408. The van der Waals surface area contributed by atoms with Gasteiger partial charge in [-0.25, -0.2) is 0 Å². The molecule has 1 heterocycles. The summed E-state index contributed by atoms with van der Waals surface area (Å²) >= 11 is 5.06. The number of hydrogen-bond acceptors (Lipinski definition) is 6. The van der Waals surface area contributed by atoms with E-state index in [2.05, 4.69) is 0 Å². The van der Waals surface area contributed by atoms with Crippen LogP contribution in [0.15, 0.2) is 51.7 Å². The molecule has 0 bridgehead atoms. The van der Waals surface area contributed by atoms with Crippen LogP contribution in [0.5, 0.6) is 11.5 Å². The highest BCUT2D eigenvalue weighted by molar-refractivity contribution is 7.80. The molecule has 6 heteroatoms. The highest BCUT2D eigenvalue weighted by Gasteiger charge is 2.21. The van der Waals surface area contributed by atoms with Crippen LogP contribution in [0.2, 0.25) is 0 Å². The predicted octanol–water partition coefficient (Wildman–Crippen LogP) is 3.19. The van der Waals surface area contributed by atoms with E-state index >= 15 is 0 Å². The van der Waals surface area contributed by atoms with Gasteiger partial charge in [-0.2, -0.15) is 0 Å². The Bertz CT molecular complexity index is 960. The third-order valence-electron chi connectivity index (χ3n) is 3.41. The average molecular weight is 328 g/mol. The average Bonchev–Trinajstić information content (AvgIpc) is 2.54. The summed E-state index contributed by atoms with van der Waals surface area (Å²) in [4.78, 5) is 12.4. The number of thiocarbonyl (C=S) groups is 1. The Morgan fingerprint density at radius 3 is 2.48 bits per heavy atom. The fourth-order valence-electron chi connectivity index (χ4n) is 2.35. The molecule has 1 aromatic heterocycles. The second kappa shape index (κ2) is 5.73. The Hall–Kier alpha value is -2.86. The van der Waals surface area contributed by atoms with Crippen LogP contribution in [0.3, 0.4) is 0 Å². The van der Waals surface area contributed by atoms with Gasteiger partial charge in [0.05, 0.1) is 7.11 Å². The van der Waals surface area contributed by atoms with E-state index < -0.39 is 5.43 Å². The normalized spacial score (nSPS) is 10.7. The van der Waals surface area contributed by atoms with Crippen LogP contribution in [-0.4, -0.2) is 22.4 Å². The molecule has 0 aliphatic carbocycles. The zero-order chi connectivity index (χ0) is 16.6. The third kappa shape index (κ3) is 2.53. The first-order chi connectivity index (χ1) is 11.0. The molecule has 0 aliphatic rings. The molecule has 0 amide bonds. The lowest BCUT2D eigenvalue weighted by atomic mass is 10.1. The first-order valence-electron chi connectivity index (χ1n) is 6.69. The van der Waals surface area contributed by atoms with Crippen molar-refractivity contribution in [3.05, 3.63) is 58.3 Å². The zero-order valence-electron chi connectivity index (χ0n) is 12.1. The Balaban J connectivity index is 2.43. The van der Waals surface area contributed by atoms with Crippen molar-refractivity contribution in [2.75, 3.05) is 7.11 Å². The van der Waals surface area contributed by atoms with Gasteiger partial charge in [-0.05, 0) is 12.2 Å². The molecule has 116 valence electrons. The Labute approximate surface area is 136 Å². The number of aromatic hydroxyl groups is 2. The van der Waals surface area contributed by atoms with Gasteiger partial charge in [0.2, 0.25) is 0 Å². The van der Waals surface area contributed by atoms with Gasteiger partial charge in [-0.3, -0.25) is 4.79 Å². The van der Waals surface area contributed by atoms with Crippen LogP contribution < -0.4 is 5.43 Å². The second-order valence-electron chi connectivity index (χ2n) is 4.83. The summed E-state index contributed by atoms with van der Waals surface area (Å²) in [6, 6.07) is 11.3. The van der Waals surface area contributed by atoms with E-state index in [-0.39, 0.29) is 33.1 Å². The minimum Gasteiger partial charge on any atom is -0.507 e. The van der Waals surface area contributed by atoms with Gasteiger partial charge in [-0.15, -0.1) is 0 Å². The largest absolute Gasteiger partial charge is 0.507 e. The molecule has 2 aromatic carbocycles. The van der Waals surface area contributed by atoms with E-state index in [0.717, 1.165) is 6.07 Å². The SMILES string of the molecule is COC(=S)c1c(O)cc(O)c2c(=O)cc(-c3ccccc3)oc12. The van der Waals surface area contributed by atoms with Gasteiger partial charge in [0.1, 0.15) is 28.2 Å². The van der Waals surface area contributed by atoms with Gasteiger partial charge in [-0.1, -0.05) is 30.3 Å². The van der Waals surface area contributed by atoms with Crippen molar-refractivity contribution < 1.29 is 19.4 Å². The molecule has 23 heavy (non-hydrogen) atoms. The Morgan fingerprint density at radius 1 is 1.13 bits per heavy atom. The molecular formula is C17H12O5S. The van der Waals surface area contributed by atoms with Crippen molar-refractivity contribution in [1.29, 1.82) is 0 Å². The standard InChI is InChI=1S/C17H12O5S/c1-21-17(23)15-11(19)7-10(18)14-12(20)8-13(22-16(14)15)9-5-3-2-4-6-9/h2-8,18-19H,1H3.